The number of pyridine rings is 1. The van der Waals surface area contributed by atoms with E-state index in [0.717, 1.165) is 47.6 Å². The van der Waals surface area contributed by atoms with E-state index in [9.17, 15) is 14.4 Å². The van der Waals surface area contributed by atoms with Crippen LogP contribution >= 0.6 is 11.3 Å². The summed E-state index contributed by atoms with van der Waals surface area (Å²) in [4.78, 5) is 48.0. The van der Waals surface area contributed by atoms with Crippen LogP contribution in [0.15, 0.2) is 103 Å². The smallest absolute Gasteiger partial charge is 0.408 e. The third kappa shape index (κ3) is 7.98. The average molecular weight is 674 g/mol. The molecule has 0 spiro atoms. The van der Waals surface area contributed by atoms with E-state index in [1.54, 1.807) is 27.0 Å². The fraction of sp³-hybridized carbons (Fsp3) is 0.231. The Hall–Kier alpha value is -5.48. The van der Waals surface area contributed by atoms with E-state index in [-0.39, 0.29) is 19.5 Å². The zero-order valence-electron chi connectivity index (χ0n) is 27.7. The molecule has 0 radical (unpaired) electrons. The number of nitrogens with one attached hydrogen (secondary N) is 2. The standard InChI is InChI=1S/C39H39N5O4S/c1-39(2,3)48-38(47)43-33(22-28-15-9-13-26-11-5-7-17-31(26)28)36(45)44(21-19-27-14-8-12-25-10-4-6-16-30(25)27)37(46)42-24-29-23-32-34(49-29)18-20-41-35(32)40/h4-18,20,23,33H,19,21-22,24H2,1-3H3,(H2,40,41)(H,42,46)(H,43,47)/t33-/m0/s1. The van der Waals surface area contributed by atoms with Gasteiger partial charge >= 0.3 is 12.1 Å². The molecule has 4 amide bonds. The van der Waals surface area contributed by atoms with Crippen LogP contribution in [-0.4, -0.2) is 46.1 Å². The van der Waals surface area contributed by atoms with Crippen LogP contribution in [0.5, 0.6) is 0 Å². The highest BCUT2D eigenvalue weighted by molar-refractivity contribution is 7.19. The molecule has 0 aliphatic rings. The molecule has 0 bridgehead atoms. The summed E-state index contributed by atoms with van der Waals surface area (Å²) in [6.45, 7) is 5.55. The Balaban J connectivity index is 1.31. The van der Waals surface area contributed by atoms with Gasteiger partial charge in [-0.15, -0.1) is 11.3 Å². The molecular formula is C39H39N5O4S. The maximum Gasteiger partial charge on any atom is 0.408 e. The first-order chi connectivity index (χ1) is 23.6. The van der Waals surface area contributed by atoms with Crippen molar-refractivity contribution in [1.82, 2.24) is 20.5 Å². The topological polar surface area (TPSA) is 127 Å². The van der Waals surface area contributed by atoms with E-state index in [2.05, 4.69) is 15.6 Å². The number of benzene rings is 4. The predicted molar refractivity (Wildman–Crippen MR) is 196 cm³/mol. The minimum absolute atomic E-state index is 0.0873. The molecule has 2 heterocycles. The van der Waals surface area contributed by atoms with E-state index >= 15 is 0 Å². The number of imide groups is 1. The van der Waals surface area contributed by atoms with Gasteiger partial charge in [0.25, 0.3) is 5.91 Å². The minimum Gasteiger partial charge on any atom is -0.444 e. The molecule has 1 atom stereocenters. The summed E-state index contributed by atoms with van der Waals surface area (Å²) in [6, 6.07) is 29.9. The quantitative estimate of drug-likeness (QED) is 0.145. The number of hydrogen-bond donors (Lipinski definition) is 3. The van der Waals surface area contributed by atoms with Crippen LogP contribution in [0.2, 0.25) is 0 Å². The number of aromatic nitrogens is 1. The van der Waals surface area contributed by atoms with Gasteiger partial charge in [-0.05, 0) is 72.0 Å². The normalized spacial score (nSPS) is 12.1. The molecule has 10 heteroatoms. The van der Waals surface area contributed by atoms with Crippen LogP contribution in [0.3, 0.4) is 0 Å². The number of rotatable bonds is 9. The van der Waals surface area contributed by atoms with Gasteiger partial charge in [-0.25, -0.2) is 14.6 Å². The lowest BCUT2D eigenvalue weighted by molar-refractivity contribution is -0.130. The van der Waals surface area contributed by atoms with Gasteiger partial charge in [0.1, 0.15) is 17.5 Å². The maximum atomic E-state index is 14.6. The molecule has 6 aromatic rings. The first-order valence-electron chi connectivity index (χ1n) is 16.2. The molecule has 250 valence electrons. The third-order valence-electron chi connectivity index (χ3n) is 8.23. The van der Waals surface area contributed by atoms with Crippen molar-refractivity contribution < 1.29 is 19.1 Å². The molecule has 0 fully saturated rings. The average Bonchev–Trinajstić information content (AvgIpc) is 3.51. The van der Waals surface area contributed by atoms with Crippen molar-refractivity contribution in [2.45, 2.75) is 51.8 Å². The van der Waals surface area contributed by atoms with Gasteiger partial charge in [-0.2, -0.15) is 0 Å². The zero-order valence-corrected chi connectivity index (χ0v) is 28.6. The number of fused-ring (bicyclic) bond motifs is 3. The molecular weight excluding hydrogens is 635 g/mol. The SMILES string of the molecule is CC(C)(C)OC(=O)N[C@@H](Cc1cccc2ccccc12)C(=O)N(CCc1cccc2ccccc12)C(=O)NCc1cc2c(N)nccc2s1. The molecule has 9 nitrogen and oxygen atoms in total. The van der Waals surface area contributed by atoms with Crippen LogP contribution in [0.4, 0.5) is 15.4 Å². The largest absolute Gasteiger partial charge is 0.444 e. The number of amides is 4. The van der Waals surface area contributed by atoms with E-state index in [4.69, 9.17) is 10.5 Å². The Kier molecular flexibility index (Phi) is 9.77. The Labute approximate surface area is 289 Å². The molecule has 49 heavy (non-hydrogen) atoms. The van der Waals surface area contributed by atoms with Crippen LogP contribution in [0, 0.1) is 0 Å². The highest BCUT2D eigenvalue weighted by atomic mass is 32.1. The fourth-order valence-corrected chi connectivity index (χ4v) is 6.97. The van der Waals surface area contributed by atoms with Crippen molar-refractivity contribution in [1.29, 1.82) is 0 Å². The summed E-state index contributed by atoms with van der Waals surface area (Å²) in [5.41, 5.74) is 7.14. The van der Waals surface area contributed by atoms with Gasteiger partial charge in [0.15, 0.2) is 0 Å². The number of hydrogen-bond acceptors (Lipinski definition) is 7. The summed E-state index contributed by atoms with van der Waals surface area (Å²) in [5.74, 6) is -0.121. The van der Waals surface area contributed by atoms with Crippen LogP contribution in [0.1, 0.15) is 36.8 Å². The Bertz CT molecular complexity index is 2140. The number of urea groups is 1. The molecule has 4 aromatic carbocycles. The number of nitrogens with zero attached hydrogens (tertiary/aromatic N) is 2. The van der Waals surface area contributed by atoms with Crippen molar-refractivity contribution >= 4 is 66.8 Å². The summed E-state index contributed by atoms with van der Waals surface area (Å²) in [5, 5.41) is 10.6. The summed E-state index contributed by atoms with van der Waals surface area (Å²) >= 11 is 1.50. The Morgan fingerprint density at radius 2 is 1.49 bits per heavy atom. The number of nitrogens with two attached hydrogens (primary N) is 1. The van der Waals surface area contributed by atoms with Gasteiger partial charge in [0.05, 0.1) is 6.54 Å². The molecule has 0 unspecified atom stereocenters. The minimum atomic E-state index is -1.09. The maximum absolute atomic E-state index is 14.6. The number of carbonyl (C=O) groups is 3. The van der Waals surface area contributed by atoms with Crippen molar-refractivity contribution in [3.05, 3.63) is 119 Å². The fourth-order valence-electron chi connectivity index (χ4n) is 5.96. The summed E-state index contributed by atoms with van der Waals surface area (Å²) in [6.07, 6.45) is 1.48. The first kappa shape index (κ1) is 33.4. The van der Waals surface area contributed by atoms with Gasteiger partial charge in [-0.3, -0.25) is 9.69 Å². The van der Waals surface area contributed by atoms with Crippen LogP contribution in [-0.2, 0) is 28.9 Å². The second kappa shape index (κ2) is 14.3. The second-order valence-corrected chi connectivity index (χ2v) is 14.1. The highest BCUT2D eigenvalue weighted by Gasteiger charge is 2.32. The predicted octanol–water partition coefficient (Wildman–Crippen LogP) is 7.60. The molecule has 0 saturated heterocycles. The highest BCUT2D eigenvalue weighted by Crippen LogP contribution is 2.28. The second-order valence-electron chi connectivity index (χ2n) is 12.9. The molecule has 2 aromatic heterocycles. The number of carbonyl (C=O) groups excluding carboxylic acids is 3. The number of nitrogen functional groups attached to an aromatic ring is 1. The first-order valence-corrected chi connectivity index (χ1v) is 17.0. The summed E-state index contributed by atoms with van der Waals surface area (Å²) in [7, 11) is 0. The zero-order chi connectivity index (χ0) is 34.5. The molecule has 0 saturated carbocycles. The number of thiophene rings is 1. The monoisotopic (exact) mass is 673 g/mol. The van der Waals surface area contributed by atoms with Crippen molar-refractivity contribution in [3.8, 4) is 0 Å². The van der Waals surface area contributed by atoms with Gasteiger partial charge in [0, 0.05) is 34.1 Å². The van der Waals surface area contributed by atoms with Crippen LogP contribution in [0.25, 0.3) is 31.6 Å². The Morgan fingerprint density at radius 1 is 0.857 bits per heavy atom. The van der Waals surface area contributed by atoms with E-state index < -0.39 is 29.7 Å². The summed E-state index contributed by atoms with van der Waals surface area (Å²) < 4.78 is 6.53. The van der Waals surface area contributed by atoms with Gasteiger partial charge in [-0.1, -0.05) is 84.9 Å². The van der Waals surface area contributed by atoms with Crippen LogP contribution < -0.4 is 16.4 Å². The Morgan fingerprint density at radius 3 is 2.16 bits per heavy atom. The molecule has 6 rings (SSSR count). The van der Waals surface area contributed by atoms with Gasteiger partial charge < -0.3 is 21.1 Å². The molecule has 0 aliphatic heterocycles. The van der Waals surface area contributed by atoms with E-state index in [1.165, 1.54) is 16.2 Å². The lowest BCUT2D eigenvalue weighted by Gasteiger charge is -2.28. The van der Waals surface area contributed by atoms with Crippen molar-refractivity contribution in [2.75, 3.05) is 12.3 Å². The van der Waals surface area contributed by atoms with Gasteiger partial charge in [0.2, 0.25) is 0 Å². The number of anilines is 1. The number of alkyl carbamates (subject to hydrolysis) is 1. The lowest BCUT2D eigenvalue weighted by atomic mass is 9.98. The number of ether oxygens (including phenoxy) is 1. The third-order valence-corrected chi connectivity index (χ3v) is 9.33. The molecule has 4 N–H and O–H groups in total. The lowest BCUT2D eigenvalue weighted by Crippen LogP contribution is -2.55. The van der Waals surface area contributed by atoms with E-state index in [0.29, 0.717) is 12.2 Å². The van der Waals surface area contributed by atoms with Crippen molar-refractivity contribution in [3.63, 3.8) is 0 Å². The molecule has 0 aliphatic carbocycles. The van der Waals surface area contributed by atoms with Crippen molar-refractivity contribution in [2.24, 2.45) is 0 Å². The van der Waals surface area contributed by atoms with E-state index in [1.807, 2.05) is 97.1 Å².